The Hall–Kier alpha value is -4.02. The third kappa shape index (κ3) is 3.84. The second-order valence-electron chi connectivity index (χ2n) is 8.52. The number of Topliss-reactive ketones (excluding diaryl/α,β-unsaturated/α-hetero) is 1. The van der Waals surface area contributed by atoms with Crippen molar-refractivity contribution in [1.29, 1.82) is 0 Å². The van der Waals surface area contributed by atoms with E-state index in [1.807, 2.05) is 0 Å². The van der Waals surface area contributed by atoms with Crippen molar-refractivity contribution in [2.24, 2.45) is 0 Å². The maximum Gasteiger partial charge on any atom is 0.416 e. The maximum absolute atomic E-state index is 13.9. The highest BCUT2D eigenvalue weighted by molar-refractivity contribution is 6.00. The number of allylic oxidation sites excluding steroid dienone is 2. The SMILES string of the molecule is COc1cc([C@@H]2CC(=O)C3=C(C2)Nc2ncnn2[C@H]3c2ccccc2C(F)(F)F)cc(OC)c1OC. The fraction of sp³-hybridized carbons (Fsp3) is 0.320. The molecule has 1 aliphatic heterocycles. The Morgan fingerprint density at radius 2 is 1.72 bits per heavy atom. The molecule has 2 heterocycles. The zero-order valence-corrected chi connectivity index (χ0v) is 19.7. The number of hydrogen-bond acceptors (Lipinski definition) is 7. The van der Waals surface area contributed by atoms with E-state index in [1.165, 1.54) is 50.5 Å². The minimum absolute atomic E-state index is 0.0506. The first-order valence-corrected chi connectivity index (χ1v) is 11.2. The largest absolute Gasteiger partial charge is 0.493 e. The summed E-state index contributed by atoms with van der Waals surface area (Å²) in [6, 6.07) is 7.77. The number of carbonyl (C=O) groups is 1. The number of ether oxygens (including phenoxy) is 3. The Morgan fingerprint density at radius 1 is 1.03 bits per heavy atom. The molecule has 3 aromatic rings. The summed E-state index contributed by atoms with van der Waals surface area (Å²) < 4.78 is 59.4. The van der Waals surface area contributed by atoms with Gasteiger partial charge in [0.2, 0.25) is 11.7 Å². The van der Waals surface area contributed by atoms with Crippen molar-refractivity contribution >= 4 is 11.7 Å². The molecular weight excluding hydrogens is 477 g/mol. The molecule has 0 saturated carbocycles. The zero-order valence-electron chi connectivity index (χ0n) is 19.7. The normalized spacial score (nSPS) is 19.3. The van der Waals surface area contributed by atoms with Crippen LogP contribution in [0.1, 0.15) is 41.5 Å². The van der Waals surface area contributed by atoms with Gasteiger partial charge in [-0.1, -0.05) is 18.2 Å². The summed E-state index contributed by atoms with van der Waals surface area (Å²) in [5, 5.41) is 7.27. The van der Waals surface area contributed by atoms with Gasteiger partial charge < -0.3 is 19.5 Å². The monoisotopic (exact) mass is 500 g/mol. The lowest BCUT2D eigenvalue weighted by Gasteiger charge is -2.36. The van der Waals surface area contributed by atoms with Crippen LogP contribution in [-0.4, -0.2) is 41.9 Å². The number of alkyl halides is 3. The van der Waals surface area contributed by atoms with Gasteiger partial charge in [0.05, 0.1) is 26.9 Å². The number of aromatic nitrogens is 3. The predicted molar refractivity (Wildman–Crippen MR) is 123 cm³/mol. The number of carbonyl (C=O) groups excluding carboxylic acids is 1. The Balaban J connectivity index is 1.61. The predicted octanol–water partition coefficient (Wildman–Crippen LogP) is 4.74. The molecule has 8 nitrogen and oxygen atoms in total. The van der Waals surface area contributed by atoms with Crippen LogP contribution in [0, 0.1) is 0 Å². The number of halogens is 3. The van der Waals surface area contributed by atoms with E-state index >= 15 is 0 Å². The average Bonchev–Trinajstić information content (AvgIpc) is 3.34. The molecule has 2 aliphatic rings. The van der Waals surface area contributed by atoms with E-state index in [-0.39, 0.29) is 35.2 Å². The summed E-state index contributed by atoms with van der Waals surface area (Å²) in [5.41, 5.74) is 0.696. The maximum atomic E-state index is 13.9. The van der Waals surface area contributed by atoms with E-state index in [0.717, 1.165) is 11.6 Å². The number of anilines is 1. The summed E-state index contributed by atoms with van der Waals surface area (Å²) in [6.07, 6.45) is -2.88. The number of hydrogen-bond donors (Lipinski definition) is 1. The highest BCUT2D eigenvalue weighted by Crippen LogP contribution is 2.48. The van der Waals surface area contributed by atoms with Crippen molar-refractivity contribution in [2.45, 2.75) is 31.0 Å². The molecule has 0 unspecified atom stereocenters. The van der Waals surface area contributed by atoms with Crippen molar-refractivity contribution in [2.75, 3.05) is 26.6 Å². The van der Waals surface area contributed by atoms with Gasteiger partial charge in [-0.25, -0.2) is 4.68 Å². The molecule has 0 saturated heterocycles. The standard InChI is InChI=1S/C25H23F3N4O4/c1-34-19-10-14(11-20(35-2)23(19)36-3)13-8-17-21(18(33)9-13)22(32-24(31-17)29-12-30-32)15-6-4-5-7-16(15)25(26,27)28/h4-7,10-13,22H,8-9H2,1-3H3,(H,29,30,31)/t13-,22-/m0/s1. The van der Waals surface area contributed by atoms with E-state index in [1.54, 1.807) is 12.1 Å². The molecule has 11 heteroatoms. The van der Waals surface area contributed by atoms with Crippen molar-refractivity contribution in [1.82, 2.24) is 14.8 Å². The number of fused-ring (bicyclic) bond motifs is 1. The van der Waals surface area contributed by atoms with E-state index in [9.17, 15) is 18.0 Å². The molecule has 0 amide bonds. The molecule has 0 fully saturated rings. The van der Waals surface area contributed by atoms with Crippen LogP contribution in [-0.2, 0) is 11.0 Å². The van der Waals surface area contributed by atoms with E-state index < -0.39 is 17.8 Å². The molecule has 1 aliphatic carbocycles. The van der Waals surface area contributed by atoms with Crippen molar-refractivity contribution < 1.29 is 32.2 Å². The highest BCUT2D eigenvalue weighted by atomic mass is 19.4. The zero-order chi connectivity index (χ0) is 25.6. The number of methoxy groups -OCH3 is 3. The van der Waals surface area contributed by atoms with Crippen LogP contribution in [0.5, 0.6) is 17.2 Å². The smallest absolute Gasteiger partial charge is 0.416 e. The molecule has 2 aromatic carbocycles. The third-order valence-corrected chi connectivity index (χ3v) is 6.58. The number of ketones is 1. The van der Waals surface area contributed by atoms with Crippen molar-refractivity contribution in [3.8, 4) is 17.2 Å². The summed E-state index contributed by atoms with van der Waals surface area (Å²) in [6.45, 7) is 0. The molecule has 188 valence electrons. The second-order valence-corrected chi connectivity index (χ2v) is 8.52. The van der Waals surface area contributed by atoms with Gasteiger partial charge in [-0.2, -0.15) is 23.3 Å². The van der Waals surface area contributed by atoms with Crippen LogP contribution in [0.2, 0.25) is 0 Å². The lowest BCUT2D eigenvalue weighted by molar-refractivity contribution is -0.138. The summed E-state index contributed by atoms with van der Waals surface area (Å²) >= 11 is 0. The number of benzene rings is 2. The first kappa shape index (κ1) is 23.7. The summed E-state index contributed by atoms with van der Waals surface area (Å²) in [7, 11) is 4.51. The first-order chi connectivity index (χ1) is 17.3. The molecule has 1 N–H and O–H groups in total. The van der Waals surface area contributed by atoms with Crippen LogP contribution >= 0.6 is 0 Å². The number of nitrogens with one attached hydrogen (secondary N) is 1. The van der Waals surface area contributed by atoms with Crippen LogP contribution < -0.4 is 19.5 Å². The average molecular weight is 500 g/mol. The quantitative estimate of drug-likeness (QED) is 0.542. The Morgan fingerprint density at radius 3 is 2.36 bits per heavy atom. The summed E-state index contributed by atoms with van der Waals surface area (Å²) in [5.74, 6) is 1.06. The Bertz CT molecular complexity index is 1340. The van der Waals surface area contributed by atoms with Crippen molar-refractivity contribution in [3.05, 3.63) is 70.7 Å². The molecule has 1 aromatic heterocycles. The van der Waals surface area contributed by atoms with Crippen LogP contribution in [0.3, 0.4) is 0 Å². The molecule has 36 heavy (non-hydrogen) atoms. The third-order valence-electron chi connectivity index (χ3n) is 6.58. The van der Waals surface area contributed by atoms with Gasteiger partial charge in [-0.05, 0) is 41.7 Å². The van der Waals surface area contributed by atoms with Gasteiger partial charge in [0.25, 0.3) is 0 Å². The Kier molecular flexibility index (Phi) is 5.85. The van der Waals surface area contributed by atoms with Crippen LogP contribution in [0.15, 0.2) is 54.0 Å². The van der Waals surface area contributed by atoms with Gasteiger partial charge in [0.15, 0.2) is 17.3 Å². The van der Waals surface area contributed by atoms with Crippen LogP contribution in [0.25, 0.3) is 0 Å². The van der Waals surface area contributed by atoms with Gasteiger partial charge in [-0.3, -0.25) is 4.79 Å². The van der Waals surface area contributed by atoms with Gasteiger partial charge >= 0.3 is 6.18 Å². The van der Waals surface area contributed by atoms with E-state index in [4.69, 9.17) is 14.2 Å². The minimum atomic E-state index is -4.60. The number of rotatable bonds is 5. The molecule has 0 radical (unpaired) electrons. The fourth-order valence-corrected chi connectivity index (χ4v) is 5.01. The minimum Gasteiger partial charge on any atom is -0.493 e. The van der Waals surface area contributed by atoms with Crippen LogP contribution in [0.4, 0.5) is 19.1 Å². The molecular formula is C25H23F3N4O4. The fourth-order valence-electron chi connectivity index (χ4n) is 5.01. The van der Waals surface area contributed by atoms with Crippen molar-refractivity contribution in [3.63, 3.8) is 0 Å². The lowest BCUT2D eigenvalue weighted by atomic mass is 9.77. The van der Waals surface area contributed by atoms with Gasteiger partial charge in [0, 0.05) is 17.7 Å². The summed E-state index contributed by atoms with van der Waals surface area (Å²) in [4.78, 5) is 17.8. The van der Waals surface area contributed by atoms with E-state index in [2.05, 4.69) is 15.4 Å². The first-order valence-electron chi connectivity index (χ1n) is 11.2. The lowest BCUT2D eigenvalue weighted by Crippen LogP contribution is -2.34. The van der Waals surface area contributed by atoms with Gasteiger partial charge in [0.1, 0.15) is 12.4 Å². The topological polar surface area (TPSA) is 87.5 Å². The second kappa shape index (κ2) is 8.89. The molecule has 0 bridgehead atoms. The molecule has 5 rings (SSSR count). The Labute approximate surface area is 204 Å². The van der Waals surface area contributed by atoms with E-state index in [0.29, 0.717) is 29.4 Å². The molecule has 2 atom stereocenters. The highest BCUT2D eigenvalue weighted by Gasteiger charge is 2.43. The van der Waals surface area contributed by atoms with Gasteiger partial charge in [-0.15, -0.1) is 0 Å². The number of nitrogens with zero attached hydrogens (tertiary/aromatic N) is 3. The molecule has 0 spiro atoms.